The molecule has 1 aromatic heterocycles. The zero-order valence-electron chi connectivity index (χ0n) is 11.5. The summed E-state index contributed by atoms with van der Waals surface area (Å²) in [6.45, 7) is 2.74. The third-order valence-electron chi connectivity index (χ3n) is 2.95. The summed E-state index contributed by atoms with van der Waals surface area (Å²) in [5, 5.41) is 2.76. The topological polar surface area (TPSA) is 64.1 Å². The normalized spacial score (nSPS) is 10.4. The lowest BCUT2D eigenvalue weighted by molar-refractivity contribution is -0.143. The van der Waals surface area contributed by atoms with Crippen LogP contribution in [0.2, 0.25) is 0 Å². The molecule has 1 N–H and O–H groups in total. The lowest BCUT2D eigenvalue weighted by atomic mass is 10.2. The van der Waals surface area contributed by atoms with Gasteiger partial charge in [-0.15, -0.1) is 0 Å². The number of H-pyrrole nitrogens is 1. The first-order chi connectivity index (χ1) is 9.69. The van der Waals surface area contributed by atoms with Crippen LogP contribution in [-0.4, -0.2) is 22.4 Å². The van der Waals surface area contributed by atoms with Gasteiger partial charge >= 0.3 is 5.97 Å². The number of aryl methyl sites for hydroxylation is 1. The smallest absolute Gasteiger partial charge is 0.306 e. The van der Waals surface area contributed by atoms with Gasteiger partial charge in [0, 0.05) is 18.2 Å². The van der Waals surface area contributed by atoms with Crippen LogP contribution >= 0.6 is 0 Å². The second-order valence-corrected chi connectivity index (χ2v) is 4.51. The summed E-state index contributed by atoms with van der Waals surface area (Å²) < 4.78 is 6.58. The molecule has 0 saturated carbocycles. The molecule has 0 atom stereocenters. The number of carbonyl (C=O) groups excluding carboxylic acids is 1. The summed E-state index contributed by atoms with van der Waals surface area (Å²) in [5.41, 5.74) is 1.56. The van der Waals surface area contributed by atoms with Crippen molar-refractivity contribution in [1.82, 2.24) is 9.78 Å². The van der Waals surface area contributed by atoms with E-state index in [1.54, 1.807) is 17.8 Å². The minimum absolute atomic E-state index is 0.148. The van der Waals surface area contributed by atoms with Crippen LogP contribution in [0.5, 0.6) is 0 Å². The van der Waals surface area contributed by atoms with Gasteiger partial charge in [-0.3, -0.25) is 19.4 Å². The van der Waals surface area contributed by atoms with Crippen LogP contribution in [0.3, 0.4) is 0 Å². The molecule has 5 nitrogen and oxygen atoms in total. The minimum atomic E-state index is -0.275. The molecule has 2 rings (SSSR count). The third-order valence-corrected chi connectivity index (χ3v) is 2.95. The maximum atomic E-state index is 11.8. The van der Waals surface area contributed by atoms with Gasteiger partial charge in [0.25, 0.3) is 5.56 Å². The van der Waals surface area contributed by atoms with Gasteiger partial charge in [-0.25, -0.2) is 0 Å². The minimum Gasteiger partial charge on any atom is -0.466 e. The zero-order valence-corrected chi connectivity index (χ0v) is 11.5. The zero-order chi connectivity index (χ0) is 14.4. The van der Waals surface area contributed by atoms with Gasteiger partial charge in [0.1, 0.15) is 0 Å². The number of aromatic nitrogens is 2. The van der Waals surface area contributed by atoms with Crippen molar-refractivity contribution in [2.24, 2.45) is 0 Å². The summed E-state index contributed by atoms with van der Waals surface area (Å²) in [4.78, 5) is 23.1. The van der Waals surface area contributed by atoms with Crippen molar-refractivity contribution in [3.8, 4) is 0 Å². The number of ether oxygens (including phenoxy) is 1. The van der Waals surface area contributed by atoms with Gasteiger partial charge in [0.15, 0.2) is 0 Å². The fraction of sp³-hybridized carbons (Fsp3) is 0.333. The van der Waals surface area contributed by atoms with E-state index in [4.69, 9.17) is 4.74 Å². The largest absolute Gasteiger partial charge is 0.466 e. The Hall–Kier alpha value is -2.30. The van der Waals surface area contributed by atoms with E-state index in [0.717, 1.165) is 5.56 Å². The van der Waals surface area contributed by atoms with Gasteiger partial charge < -0.3 is 4.74 Å². The highest BCUT2D eigenvalue weighted by Crippen LogP contribution is 2.03. The first kappa shape index (κ1) is 14.1. The second-order valence-electron chi connectivity index (χ2n) is 4.51. The molecule has 1 heterocycles. The monoisotopic (exact) mass is 274 g/mol. The van der Waals surface area contributed by atoms with Gasteiger partial charge in [-0.2, -0.15) is 0 Å². The number of esters is 1. The number of rotatable bonds is 6. The van der Waals surface area contributed by atoms with Gasteiger partial charge in [-0.1, -0.05) is 30.3 Å². The molecule has 0 amide bonds. The number of nitrogens with zero attached hydrogens (tertiary/aromatic N) is 1. The Bertz CT molecular complexity index is 614. The van der Waals surface area contributed by atoms with Crippen LogP contribution in [0, 0.1) is 0 Å². The molecule has 0 aliphatic heterocycles. The fourth-order valence-electron chi connectivity index (χ4n) is 1.99. The third kappa shape index (κ3) is 3.85. The SMILES string of the molecule is CCOC(=O)CCc1cn(Cc2ccccc2)[nH]c1=O. The standard InChI is InChI=1S/C15H18N2O3/c1-2-20-14(18)9-8-13-11-17(16-15(13)19)10-12-6-4-3-5-7-12/h3-7,11H,2,8-10H2,1H3,(H,16,19). The van der Waals surface area contributed by atoms with Crippen molar-refractivity contribution in [3.63, 3.8) is 0 Å². The quantitative estimate of drug-likeness (QED) is 0.816. The van der Waals surface area contributed by atoms with Crippen LogP contribution < -0.4 is 5.56 Å². The van der Waals surface area contributed by atoms with E-state index < -0.39 is 0 Å². The molecular formula is C15H18N2O3. The predicted octanol–water partition coefficient (Wildman–Crippen LogP) is 1.72. The molecule has 20 heavy (non-hydrogen) atoms. The molecule has 0 aliphatic rings. The van der Waals surface area contributed by atoms with Crippen LogP contribution in [0.15, 0.2) is 41.3 Å². The Balaban J connectivity index is 1.99. The Morgan fingerprint density at radius 2 is 2.05 bits per heavy atom. The molecule has 106 valence electrons. The number of aromatic amines is 1. The molecule has 0 unspecified atom stereocenters. The molecule has 0 fully saturated rings. The van der Waals surface area contributed by atoms with Crippen molar-refractivity contribution >= 4 is 5.97 Å². The highest BCUT2D eigenvalue weighted by molar-refractivity contribution is 5.69. The fourth-order valence-corrected chi connectivity index (χ4v) is 1.99. The van der Waals surface area contributed by atoms with Gasteiger partial charge in [0.2, 0.25) is 0 Å². The highest BCUT2D eigenvalue weighted by Gasteiger charge is 2.08. The average molecular weight is 274 g/mol. The van der Waals surface area contributed by atoms with E-state index in [9.17, 15) is 9.59 Å². The Kier molecular flexibility index (Phi) is 4.76. The Labute approximate surface area is 117 Å². The number of carbonyl (C=O) groups is 1. The number of benzene rings is 1. The highest BCUT2D eigenvalue weighted by atomic mass is 16.5. The van der Waals surface area contributed by atoms with Crippen LogP contribution in [-0.2, 0) is 22.5 Å². The molecule has 2 aromatic rings. The summed E-state index contributed by atoms with van der Waals surface area (Å²) in [5.74, 6) is -0.275. The summed E-state index contributed by atoms with van der Waals surface area (Å²) in [7, 11) is 0. The van der Waals surface area contributed by atoms with Gasteiger partial charge in [-0.05, 0) is 18.9 Å². The van der Waals surface area contributed by atoms with E-state index in [1.165, 1.54) is 0 Å². The van der Waals surface area contributed by atoms with Crippen molar-refractivity contribution in [2.75, 3.05) is 6.61 Å². The lowest BCUT2D eigenvalue weighted by Gasteiger charge is -2.01. The molecule has 0 spiro atoms. The van der Waals surface area contributed by atoms with E-state index >= 15 is 0 Å². The van der Waals surface area contributed by atoms with E-state index in [1.807, 2.05) is 30.3 Å². The molecular weight excluding hydrogens is 256 g/mol. The number of hydrogen-bond acceptors (Lipinski definition) is 3. The lowest BCUT2D eigenvalue weighted by Crippen LogP contribution is -2.11. The van der Waals surface area contributed by atoms with E-state index in [0.29, 0.717) is 25.1 Å². The van der Waals surface area contributed by atoms with E-state index in [2.05, 4.69) is 5.10 Å². The molecule has 0 bridgehead atoms. The van der Waals surface area contributed by atoms with Crippen molar-refractivity contribution in [1.29, 1.82) is 0 Å². The van der Waals surface area contributed by atoms with E-state index in [-0.39, 0.29) is 17.9 Å². The average Bonchev–Trinajstić information content (AvgIpc) is 2.78. The van der Waals surface area contributed by atoms with Crippen LogP contribution in [0.1, 0.15) is 24.5 Å². The van der Waals surface area contributed by atoms with Crippen molar-refractivity contribution < 1.29 is 9.53 Å². The summed E-state index contributed by atoms with van der Waals surface area (Å²) in [6, 6.07) is 9.86. The molecule has 0 aliphatic carbocycles. The predicted molar refractivity (Wildman–Crippen MR) is 75.6 cm³/mol. The first-order valence-corrected chi connectivity index (χ1v) is 6.67. The second kappa shape index (κ2) is 6.75. The van der Waals surface area contributed by atoms with Crippen LogP contribution in [0.4, 0.5) is 0 Å². The maximum absolute atomic E-state index is 11.8. The van der Waals surface area contributed by atoms with Crippen molar-refractivity contribution in [2.45, 2.75) is 26.3 Å². The van der Waals surface area contributed by atoms with Crippen LogP contribution in [0.25, 0.3) is 0 Å². The number of nitrogens with one attached hydrogen (secondary N) is 1. The number of hydrogen-bond donors (Lipinski definition) is 1. The summed E-state index contributed by atoms with van der Waals surface area (Å²) >= 11 is 0. The maximum Gasteiger partial charge on any atom is 0.306 e. The molecule has 0 radical (unpaired) electrons. The Morgan fingerprint density at radius 1 is 1.30 bits per heavy atom. The molecule has 0 saturated heterocycles. The summed E-state index contributed by atoms with van der Waals surface area (Å²) in [6.07, 6.45) is 2.39. The van der Waals surface area contributed by atoms with Gasteiger partial charge in [0.05, 0.1) is 13.2 Å². The molecule has 5 heteroatoms. The first-order valence-electron chi connectivity index (χ1n) is 6.67. The Morgan fingerprint density at radius 3 is 2.75 bits per heavy atom. The molecule has 1 aromatic carbocycles. The van der Waals surface area contributed by atoms with Crippen molar-refractivity contribution in [3.05, 3.63) is 58.0 Å².